The van der Waals surface area contributed by atoms with E-state index in [0.29, 0.717) is 6.54 Å². The Balaban J connectivity index is 2.31. The van der Waals surface area contributed by atoms with Gasteiger partial charge in [-0.15, -0.1) is 11.3 Å². The quantitative estimate of drug-likeness (QED) is 0.883. The molecular formula is C12H20N2OS. The van der Waals surface area contributed by atoms with Crippen LogP contribution in [-0.4, -0.2) is 12.1 Å². The van der Waals surface area contributed by atoms with Gasteiger partial charge in [0.2, 0.25) is 0 Å². The molecule has 0 bridgehead atoms. The monoisotopic (exact) mass is 240 g/mol. The molecule has 1 aliphatic carbocycles. The molecule has 1 aromatic heterocycles. The summed E-state index contributed by atoms with van der Waals surface area (Å²) in [6.45, 7) is 2.62. The van der Waals surface area contributed by atoms with Crippen LogP contribution in [0.1, 0.15) is 47.7 Å². The second-order valence-electron chi connectivity index (χ2n) is 4.49. The molecule has 16 heavy (non-hydrogen) atoms. The van der Waals surface area contributed by atoms with Gasteiger partial charge < -0.3 is 10.5 Å². The van der Waals surface area contributed by atoms with Crippen LogP contribution in [0.3, 0.4) is 0 Å². The first-order valence-electron chi connectivity index (χ1n) is 5.94. The van der Waals surface area contributed by atoms with Crippen molar-refractivity contribution < 1.29 is 4.74 Å². The molecular weight excluding hydrogens is 220 g/mol. The number of hydrogen-bond donors (Lipinski definition) is 1. The molecule has 1 saturated carbocycles. The number of nitrogens with two attached hydrogens (primary N) is 1. The normalized spacial score (nSPS) is 19.9. The molecule has 90 valence electrons. The van der Waals surface area contributed by atoms with Crippen molar-refractivity contribution in [3.05, 3.63) is 15.6 Å². The van der Waals surface area contributed by atoms with Crippen LogP contribution < -0.4 is 5.73 Å². The lowest BCUT2D eigenvalue weighted by Gasteiger charge is -2.34. The molecule has 0 atom stereocenters. The predicted molar refractivity (Wildman–Crippen MR) is 66.5 cm³/mol. The summed E-state index contributed by atoms with van der Waals surface area (Å²) in [5.74, 6) is 0. The highest BCUT2D eigenvalue weighted by Gasteiger charge is 2.37. The van der Waals surface area contributed by atoms with Crippen molar-refractivity contribution in [3.63, 3.8) is 0 Å². The molecule has 0 aliphatic heterocycles. The Morgan fingerprint density at radius 2 is 2.06 bits per heavy atom. The van der Waals surface area contributed by atoms with Gasteiger partial charge in [0.25, 0.3) is 0 Å². The fourth-order valence-corrected chi connectivity index (χ4v) is 3.61. The van der Waals surface area contributed by atoms with Crippen LogP contribution in [0.15, 0.2) is 0 Å². The summed E-state index contributed by atoms with van der Waals surface area (Å²) >= 11 is 1.73. The molecule has 2 N–H and O–H groups in total. The lowest BCUT2D eigenvalue weighted by atomic mass is 9.85. The van der Waals surface area contributed by atoms with Crippen LogP contribution in [-0.2, 0) is 16.9 Å². The number of nitrogens with zero attached hydrogens (tertiary/aromatic N) is 1. The van der Waals surface area contributed by atoms with Crippen molar-refractivity contribution in [1.29, 1.82) is 0 Å². The van der Waals surface area contributed by atoms with Gasteiger partial charge in [0.15, 0.2) is 0 Å². The molecule has 0 unspecified atom stereocenters. The Kier molecular flexibility index (Phi) is 3.62. The topological polar surface area (TPSA) is 48.1 Å². The zero-order valence-electron chi connectivity index (χ0n) is 10.1. The molecule has 4 heteroatoms. The molecule has 0 amide bonds. The minimum absolute atomic E-state index is 0.124. The number of aryl methyl sites for hydroxylation is 1. The molecule has 0 spiro atoms. The minimum atomic E-state index is -0.124. The largest absolute Gasteiger partial charge is 0.371 e. The Hall–Kier alpha value is -0.450. The number of hydrogen-bond acceptors (Lipinski definition) is 4. The van der Waals surface area contributed by atoms with Gasteiger partial charge in [-0.1, -0.05) is 19.3 Å². The van der Waals surface area contributed by atoms with Crippen molar-refractivity contribution in [1.82, 2.24) is 4.98 Å². The number of thiazole rings is 1. The molecule has 0 radical (unpaired) electrons. The lowest BCUT2D eigenvalue weighted by molar-refractivity contribution is -0.0446. The van der Waals surface area contributed by atoms with E-state index in [1.165, 1.54) is 24.1 Å². The zero-order chi connectivity index (χ0) is 11.6. The number of aromatic nitrogens is 1. The van der Waals surface area contributed by atoms with Crippen LogP contribution in [0, 0.1) is 6.92 Å². The first kappa shape index (κ1) is 12.0. The number of ether oxygens (including phenoxy) is 1. The van der Waals surface area contributed by atoms with E-state index in [2.05, 4.69) is 4.98 Å². The van der Waals surface area contributed by atoms with E-state index >= 15 is 0 Å². The summed E-state index contributed by atoms with van der Waals surface area (Å²) in [7, 11) is 1.81. The molecule has 1 aliphatic rings. The minimum Gasteiger partial charge on any atom is -0.371 e. The maximum absolute atomic E-state index is 5.78. The predicted octanol–water partition coefficient (Wildman–Crippen LogP) is 2.72. The van der Waals surface area contributed by atoms with Gasteiger partial charge in [-0.05, 0) is 19.8 Å². The molecule has 1 aromatic rings. The van der Waals surface area contributed by atoms with E-state index in [1.54, 1.807) is 11.3 Å². The zero-order valence-corrected chi connectivity index (χ0v) is 10.9. The summed E-state index contributed by atoms with van der Waals surface area (Å²) in [4.78, 5) is 5.85. The molecule has 2 rings (SSSR count). The highest BCUT2D eigenvalue weighted by atomic mass is 32.1. The molecule has 0 aromatic carbocycles. The van der Waals surface area contributed by atoms with E-state index in [1.807, 2.05) is 14.0 Å². The Morgan fingerprint density at radius 3 is 2.56 bits per heavy atom. The van der Waals surface area contributed by atoms with E-state index in [-0.39, 0.29) is 5.60 Å². The summed E-state index contributed by atoms with van der Waals surface area (Å²) in [5, 5.41) is 1.13. The molecule has 0 saturated heterocycles. The first-order chi connectivity index (χ1) is 7.72. The van der Waals surface area contributed by atoms with Gasteiger partial charge in [-0.3, -0.25) is 0 Å². The second-order valence-corrected chi connectivity index (χ2v) is 5.57. The summed E-state index contributed by atoms with van der Waals surface area (Å²) in [6, 6.07) is 0. The summed E-state index contributed by atoms with van der Waals surface area (Å²) in [6.07, 6.45) is 6.00. The van der Waals surface area contributed by atoms with Crippen LogP contribution >= 0.6 is 11.3 Å². The van der Waals surface area contributed by atoms with E-state index < -0.39 is 0 Å². The molecule has 1 heterocycles. The Morgan fingerprint density at radius 1 is 1.38 bits per heavy atom. The van der Waals surface area contributed by atoms with Crippen LogP contribution in [0.2, 0.25) is 0 Å². The standard InChI is InChI=1S/C12H20N2OS/c1-9-10(8-13)16-11(14-9)12(15-2)6-4-3-5-7-12/h3-8,13H2,1-2H3. The summed E-state index contributed by atoms with van der Waals surface area (Å²) < 4.78 is 5.78. The van der Waals surface area contributed by atoms with E-state index in [4.69, 9.17) is 10.5 Å². The van der Waals surface area contributed by atoms with Crippen molar-refractivity contribution in [3.8, 4) is 0 Å². The lowest BCUT2D eigenvalue weighted by Crippen LogP contribution is -2.30. The summed E-state index contributed by atoms with van der Waals surface area (Å²) in [5.41, 5.74) is 6.66. The third-order valence-electron chi connectivity index (χ3n) is 3.52. The van der Waals surface area contributed by atoms with Crippen LogP contribution in [0.25, 0.3) is 0 Å². The van der Waals surface area contributed by atoms with Crippen molar-refractivity contribution >= 4 is 11.3 Å². The van der Waals surface area contributed by atoms with E-state index in [9.17, 15) is 0 Å². The van der Waals surface area contributed by atoms with Gasteiger partial charge in [0.05, 0.1) is 5.69 Å². The van der Waals surface area contributed by atoms with E-state index in [0.717, 1.165) is 23.5 Å². The highest BCUT2D eigenvalue weighted by Crippen LogP contribution is 2.42. The van der Waals surface area contributed by atoms with Gasteiger partial charge in [-0.25, -0.2) is 4.98 Å². The fourth-order valence-electron chi connectivity index (χ4n) is 2.44. The Bertz CT molecular complexity index is 356. The van der Waals surface area contributed by atoms with Crippen molar-refractivity contribution in [2.24, 2.45) is 5.73 Å². The van der Waals surface area contributed by atoms with Crippen molar-refractivity contribution in [2.45, 2.75) is 51.2 Å². The number of rotatable bonds is 3. The van der Waals surface area contributed by atoms with Gasteiger partial charge in [-0.2, -0.15) is 0 Å². The Labute approximate surface area is 101 Å². The molecule has 1 fully saturated rings. The fraction of sp³-hybridized carbons (Fsp3) is 0.750. The van der Waals surface area contributed by atoms with Crippen LogP contribution in [0.4, 0.5) is 0 Å². The van der Waals surface area contributed by atoms with Crippen molar-refractivity contribution in [2.75, 3.05) is 7.11 Å². The first-order valence-corrected chi connectivity index (χ1v) is 6.75. The number of methoxy groups -OCH3 is 1. The average Bonchev–Trinajstić information content (AvgIpc) is 2.72. The smallest absolute Gasteiger partial charge is 0.125 e. The molecule has 3 nitrogen and oxygen atoms in total. The third kappa shape index (κ3) is 2.01. The average molecular weight is 240 g/mol. The van der Waals surface area contributed by atoms with Gasteiger partial charge in [0.1, 0.15) is 10.6 Å². The maximum Gasteiger partial charge on any atom is 0.125 e. The van der Waals surface area contributed by atoms with Gasteiger partial charge in [0, 0.05) is 18.5 Å². The SMILES string of the molecule is COC1(c2nc(C)c(CN)s2)CCCCC1. The van der Waals surface area contributed by atoms with Gasteiger partial charge >= 0.3 is 0 Å². The highest BCUT2D eigenvalue weighted by molar-refractivity contribution is 7.11. The maximum atomic E-state index is 5.78. The third-order valence-corrected chi connectivity index (χ3v) is 4.88. The second kappa shape index (κ2) is 4.82. The van der Waals surface area contributed by atoms with Crippen LogP contribution in [0.5, 0.6) is 0 Å².